The highest BCUT2D eigenvalue weighted by atomic mass is 16.5. The second-order valence-electron chi connectivity index (χ2n) is 6.47. The molecule has 1 fully saturated rings. The van der Waals surface area contributed by atoms with Crippen LogP contribution in [0.1, 0.15) is 26.3 Å². The van der Waals surface area contributed by atoms with Gasteiger partial charge in [0.25, 0.3) is 0 Å². The number of carbonyl (C=O) groups is 1. The molecule has 0 bridgehead atoms. The van der Waals surface area contributed by atoms with Gasteiger partial charge in [-0.25, -0.2) is 0 Å². The lowest BCUT2D eigenvalue weighted by molar-refractivity contribution is -0.158. The fourth-order valence-electron chi connectivity index (χ4n) is 3.29. The number of morpholine rings is 1. The summed E-state index contributed by atoms with van der Waals surface area (Å²) in [6, 6.07) is 8.01. The van der Waals surface area contributed by atoms with Crippen molar-refractivity contribution in [2.45, 2.75) is 44.9 Å². The third kappa shape index (κ3) is 2.52. The van der Waals surface area contributed by atoms with Gasteiger partial charge < -0.3 is 15.0 Å². The largest absolute Gasteiger partial charge is 0.373 e. The Bertz CT molecular complexity index is 502. The standard InChI is InChI=1S/C16H22N2O2/c1-11-9-18(10-16(2,3)20-11)15(19)14-8-12-6-4-5-7-13(12)17-14/h4-7,11,14,17H,8-10H2,1-3H3. The Hall–Kier alpha value is -1.55. The third-order valence-electron chi connectivity index (χ3n) is 3.95. The molecular weight excluding hydrogens is 252 g/mol. The van der Waals surface area contributed by atoms with E-state index in [2.05, 4.69) is 11.4 Å². The summed E-state index contributed by atoms with van der Waals surface area (Å²) in [4.78, 5) is 14.7. The second-order valence-corrected chi connectivity index (χ2v) is 6.47. The zero-order valence-electron chi connectivity index (χ0n) is 12.3. The lowest BCUT2D eigenvalue weighted by Crippen LogP contribution is -2.56. The summed E-state index contributed by atoms with van der Waals surface area (Å²) in [5, 5.41) is 3.34. The lowest BCUT2D eigenvalue weighted by atomic mass is 10.0. The number of benzene rings is 1. The molecule has 0 spiro atoms. The summed E-state index contributed by atoms with van der Waals surface area (Å²) in [6.45, 7) is 7.44. The summed E-state index contributed by atoms with van der Waals surface area (Å²) in [5.74, 6) is 0.185. The predicted octanol–water partition coefficient (Wildman–Crippen LogP) is 2.05. The molecule has 0 saturated carbocycles. The third-order valence-corrected chi connectivity index (χ3v) is 3.95. The predicted molar refractivity (Wildman–Crippen MR) is 78.8 cm³/mol. The average molecular weight is 274 g/mol. The number of amides is 1. The zero-order chi connectivity index (χ0) is 14.3. The first-order valence-electron chi connectivity index (χ1n) is 7.26. The molecule has 2 aliphatic heterocycles. The molecule has 108 valence electrons. The number of nitrogens with one attached hydrogen (secondary N) is 1. The van der Waals surface area contributed by atoms with E-state index in [1.54, 1.807) is 0 Å². The van der Waals surface area contributed by atoms with E-state index in [4.69, 9.17) is 4.74 Å². The molecule has 0 aromatic heterocycles. The fraction of sp³-hybridized carbons (Fsp3) is 0.562. The van der Waals surface area contributed by atoms with Gasteiger partial charge in [0.1, 0.15) is 6.04 Å². The average Bonchev–Trinajstić information content (AvgIpc) is 2.79. The number of nitrogens with zero attached hydrogens (tertiary/aromatic N) is 1. The minimum absolute atomic E-state index is 0.0893. The van der Waals surface area contributed by atoms with Crippen LogP contribution in [0.4, 0.5) is 5.69 Å². The quantitative estimate of drug-likeness (QED) is 0.852. The molecule has 3 rings (SSSR count). The van der Waals surface area contributed by atoms with Crippen LogP contribution in [0, 0.1) is 0 Å². The Morgan fingerprint density at radius 2 is 2.15 bits per heavy atom. The van der Waals surface area contributed by atoms with E-state index in [0.29, 0.717) is 13.1 Å². The first-order chi connectivity index (χ1) is 9.44. The fourth-order valence-corrected chi connectivity index (χ4v) is 3.29. The molecule has 2 heterocycles. The van der Waals surface area contributed by atoms with Crippen molar-refractivity contribution in [2.75, 3.05) is 18.4 Å². The number of hydrogen-bond donors (Lipinski definition) is 1. The van der Waals surface area contributed by atoms with Crippen molar-refractivity contribution >= 4 is 11.6 Å². The Labute approximate surface area is 120 Å². The minimum Gasteiger partial charge on any atom is -0.373 e. The summed E-state index contributed by atoms with van der Waals surface area (Å²) in [7, 11) is 0. The van der Waals surface area contributed by atoms with Gasteiger partial charge in [-0.1, -0.05) is 18.2 Å². The van der Waals surface area contributed by atoms with E-state index in [-0.39, 0.29) is 23.7 Å². The molecule has 20 heavy (non-hydrogen) atoms. The number of anilines is 1. The van der Waals surface area contributed by atoms with Crippen molar-refractivity contribution in [1.82, 2.24) is 4.90 Å². The number of carbonyl (C=O) groups excluding carboxylic acids is 1. The maximum absolute atomic E-state index is 12.7. The van der Waals surface area contributed by atoms with Gasteiger partial charge in [0, 0.05) is 25.2 Å². The molecule has 0 radical (unpaired) electrons. The van der Waals surface area contributed by atoms with E-state index in [1.165, 1.54) is 5.56 Å². The molecule has 1 saturated heterocycles. The maximum Gasteiger partial charge on any atom is 0.245 e. The summed E-state index contributed by atoms with van der Waals surface area (Å²) < 4.78 is 5.86. The molecule has 1 aromatic rings. The molecule has 1 N–H and O–H groups in total. The van der Waals surface area contributed by atoms with Crippen LogP contribution < -0.4 is 5.32 Å². The lowest BCUT2D eigenvalue weighted by Gasteiger charge is -2.42. The number of fused-ring (bicyclic) bond motifs is 1. The Morgan fingerprint density at radius 3 is 2.85 bits per heavy atom. The first kappa shape index (κ1) is 13.4. The Kier molecular flexibility index (Phi) is 3.21. The zero-order valence-corrected chi connectivity index (χ0v) is 12.3. The molecule has 1 aromatic carbocycles. The minimum atomic E-state index is -0.265. The maximum atomic E-state index is 12.7. The summed E-state index contributed by atoms with van der Waals surface area (Å²) >= 11 is 0. The second kappa shape index (κ2) is 4.77. The molecule has 0 aliphatic carbocycles. The number of hydrogen-bond acceptors (Lipinski definition) is 3. The van der Waals surface area contributed by atoms with Crippen molar-refractivity contribution < 1.29 is 9.53 Å². The van der Waals surface area contributed by atoms with Gasteiger partial charge in [-0.2, -0.15) is 0 Å². The van der Waals surface area contributed by atoms with Crippen LogP contribution in [-0.4, -0.2) is 41.6 Å². The molecule has 1 amide bonds. The highest BCUT2D eigenvalue weighted by Crippen LogP contribution is 2.28. The van der Waals surface area contributed by atoms with Crippen LogP contribution >= 0.6 is 0 Å². The highest BCUT2D eigenvalue weighted by Gasteiger charge is 2.37. The smallest absolute Gasteiger partial charge is 0.245 e. The van der Waals surface area contributed by atoms with E-state index in [0.717, 1.165) is 12.1 Å². The van der Waals surface area contributed by atoms with Crippen LogP contribution in [0.3, 0.4) is 0 Å². The van der Waals surface area contributed by atoms with Gasteiger partial charge in [0.05, 0.1) is 11.7 Å². The Balaban J connectivity index is 1.72. The monoisotopic (exact) mass is 274 g/mol. The molecule has 2 unspecified atom stereocenters. The van der Waals surface area contributed by atoms with Gasteiger partial charge in [-0.15, -0.1) is 0 Å². The van der Waals surface area contributed by atoms with Crippen LogP contribution in [0.2, 0.25) is 0 Å². The highest BCUT2D eigenvalue weighted by molar-refractivity contribution is 5.87. The van der Waals surface area contributed by atoms with Crippen LogP contribution in [0.5, 0.6) is 0 Å². The topological polar surface area (TPSA) is 41.6 Å². The van der Waals surface area contributed by atoms with Gasteiger partial charge in [0.15, 0.2) is 0 Å². The molecule has 4 heteroatoms. The van der Waals surface area contributed by atoms with Gasteiger partial charge in [-0.05, 0) is 32.4 Å². The van der Waals surface area contributed by atoms with Crippen molar-refractivity contribution in [3.8, 4) is 0 Å². The van der Waals surface area contributed by atoms with Crippen LogP contribution in [-0.2, 0) is 16.0 Å². The molecular formula is C16H22N2O2. The van der Waals surface area contributed by atoms with Gasteiger partial charge >= 0.3 is 0 Å². The number of rotatable bonds is 1. The van der Waals surface area contributed by atoms with E-state index < -0.39 is 0 Å². The SMILES string of the molecule is CC1CN(C(=O)C2Cc3ccccc3N2)CC(C)(C)O1. The number of para-hydroxylation sites is 1. The van der Waals surface area contributed by atoms with E-state index in [9.17, 15) is 4.79 Å². The van der Waals surface area contributed by atoms with E-state index >= 15 is 0 Å². The molecule has 4 nitrogen and oxygen atoms in total. The van der Waals surface area contributed by atoms with Gasteiger partial charge in [0.2, 0.25) is 5.91 Å². The molecule has 2 atom stereocenters. The number of ether oxygens (including phenoxy) is 1. The summed E-state index contributed by atoms with van der Waals surface area (Å²) in [6.07, 6.45) is 0.868. The van der Waals surface area contributed by atoms with Crippen molar-refractivity contribution in [3.63, 3.8) is 0 Å². The van der Waals surface area contributed by atoms with Crippen molar-refractivity contribution in [1.29, 1.82) is 0 Å². The first-order valence-corrected chi connectivity index (χ1v) is 7.26. The van der Waals surface area contributed by atoms with Crippen molar-refractivity contribution in [2.24, 2.45) is 0 Å². The molecule has 2 aliphatic rings. The summed E-state index contributed by atoms with van der Waals surface area (Å²) in [5.41, 5.74) is 2.05. The normalized spacial score (nSPS) is 27.9. The van der Waals surface area contributed by atoms with E-state index in [1.807, 2.05) is 43.9 Å². The van der Waals surface area contributed by atoms with Gasteiger partial charge in [-0.3, -0.25) is 4.79 Å². The van der Waals surface area contributed by atoms with Crippen LogP contribution in [0.15, 0.2) is 24.3 Å². The van der Waals surface area contributed by atoms with Crippen molar-refractivity contribution in [3.05, 3.63) is 29.8 Å². The van der Waals surface area contributed by atoms with Crippen LogP contribution in [0.25, 0.3) is 0 Å². The Morgan fingerprint density at radius 1 is 1.40 bits per heavy atom.